The van der Waals surface area contributed by atoms with Gasteiger partial charge in [-0.1, -0.05) is 19.1 Å². The monoisotopic (exact) mass is 82.1 g/mol. The van der Waals surface area contributed by atoms with Crippen molar-refractivity contribution < 1.29 is 0 Å². The predicted octanol–water partition coefficient (Wildman–Crippen LogP) is 1.85. The molecule has 0 aliphatic rings. The van der Waals surface area contributed by atoms with Crippen molar-refractivity contribution in [1.29, 1.82) is 0 Å². The third kappa shape index (κ3) is 2.01. The molecule has 0 bridgehead atoms. The van der Waals surface area contributed by atoms with Crippen molar-refractivity contribution in [2.45, 2.75) is 6.92 Å². The molecule has 0 heteroatoms. The smallest absolute Gasteiger partial charge is 0.0234 e. The Hall–Kier alpha value is -0.260. The van der Waals surface area contributed by atoms with Gasteiger partial charge in [-0.2, -0.15) is 0 Å². The maximum Gasteiger partial charge on any atom is -0.0234 e. The zero-order valence-electron chi connectivity index (χ0n) is 4.20. The van der Waals surface area contributed by atoms with Crippen LogP contribution >= 0.6 is 0 Å². The summed E-state index contributed by atoms with van der Waals surface area (Å²) < 4.78 is 0. The van der Waals surface area contributed by atoms with Crippen molar-refractivity contribution in [3.8, 4) is 0 Å². The van der Waals surface area contributed by atoms with Crippen LogP contribution < -0.4 is 0 Å². The van der Waals surface area contributed by atoms with Crippen molar-refractivity contribution >= 4 is 0 Å². The first-order valence-electron chi connectivity index (χ1n) is 1.98. The Balaban J connectivity index is 3.26. The summed E-state index contributed by atoms with van der Waals surface area (Å²) in [7, 11) is 0. The van der Waals surface area contributed by atoms with Crippen molar-refractivity contribution in [1.82, 2.24) is 0 Å². The summed E-state index contributed by atoms with van der Waals surface area (Å²) in [6.45, 7) is 12.8. The Labute approximate surface area is 39.9 Å². The minimum atomic E-state index is 0.296. The van der Waals surface area contributed by atoms with E-state index in [1.54, 1.807) is 0 Å². The van der Waals surface area contributed by atoms with E-state index in [1.165, 1.54) is 0 Å². The highest BCUT2D eigenvalue weighted by Gasteiger charge is 1.87. The first kappa shape index (κ1) is 5.74. The molecule has 0 fully saturated rings. The number of allylic oxidation sites excluding steroid dienone is 1. The summed E-state index contributed by atoms with van der Waals surface area (Å²) >= 11 is 0. The van der Waals surface area contributed by atoms with Gasteiger partial charge in [0.15, 0.2) is 0 Å². The van der Waals surface area contributed by atoms with Gasteiger partial charge >= 0.3 is 0 Å². The van der Waals surface area contributed by atoms with E-state index in [4.69, 9.17) is 0 Å². The zero-order chi connectivity index (χ0) is 5.15. The molecular formula is C6H10. The molecular weight excluding hydrogens is 72.1 g/mol. The highest BCUT2D eigenvalue weighted by Crippen LogP contribution is 2.01. The van der Waals surface area contributed by atoms with Crippen LogP contribution in [0, 0.1) is 19.8 Å². The Bertz CT molecular complexity index is 51.1. The van der Waals surface area contributed by atoms with Crippen molar-refractivity contribution in [2.24, 2.45) is 5.92 Å². The lowest BCUT2D eigenvalue weighted by Gasteiger charge is -1.97. The molecule has 0 rings (SSSR count). The maximum absolute atomic E-state index is 3.68. The molecule has 0 aliphatic heterocycles. The van der Waals surface area contributed by atoms with Crippen LogP contribution in [-0.2, 0) is 0 Å². The molecule has 2 radical (unpaired) electrons. The molecule has 0 aromatic carbocycles. The normalized spacial score (nSPS) is 9.33. The lowest BCUT2D eigenvalue weighted by Crippen LogP contribution is -1.84. The SMILES string of the molecule is [CH2]C(=C)C([CH2])C. The molecule has 0 spiro atoms. The van der Waals surface area contributed by atoms with E-state index < -0.39 is 0 Å². The van der Waals surface area contributed by atoms with Crippen molar-refractivity contribution in [3.63, 3.8) is 0 Å². The Morgan fingerprint density at radius 1 is 1.67 bits per heavy atom. The summed E-state index contributed by atoms with van der Waals surface area (Å²) in [5, 5.41) is 0. The molecule has 0 nitrogen and oxygen atoms in total. The minimum absolute atomic E-state index is 0.296. The largest absolute Gasteiger partial charge is 0.0996 e. The first-order chi connectivity index (χ1) is 2.64. The van der Waals surface area contributed by atoms with Crippen molar-refractivity contribution in [3.05, 3.63) is 26.0 Å². The van der Waals surface area contributed by atoms with Crippen LogP contribution in [-0.4, -0.2) is 0 Å². The van der Waals surface area contributed by atoms with Gasteiger partial charge in [-0.25, -0.2) is 0 Å². The van der Waals surface area contributed by atoms with Gasteiger partial charge in [-0.05, 0) is 19.8 Å². The van der Waals surface area contributed by atoms with Gasteiger partial charge in [-0.3, -0.25) is 0 Å². The molecule has 0 N–H and O–H groups in total. The third-order valence-corrected chi connectivity index (χ3v) is 0.697. The summed E-state index contributed by atoms with van der Waals surface area (Å²) in [5.74, 6) is 0.296. The van der Waals surface area contributed by atoms with E-state index in [0.29, 0.717) is 5.92 Å². The second-order valence-corrected chi connectivity index (χ2v) is 1.56. The standard InChI is InChI=1S/C6H10/c1-5(2)6(3)4/h6H,1-3H2,4H3. The molecule has 0 aliphatic carbocycles. The summed E-state index contributed by atoms with van der Waals surface area (Å²) in [6, 6.07) is 0. The van der Waals surface area contributed by atoms with E-state index in [1.807, 2.05) is 6.92 Å². The van der Waals surface area contributed by atoms with Crippen LogP contribution in [0.25, 0.3) is 0 Å². The van der Waals surface area contributed by atoms with E-state index in [9.17, 15) is 0 Å². The molecule has 0 heterocycles. The number of hydrogen-bond acceptors (Lipinski definition) is 0. The average molecular weight is 82.1 g/mol. The van der Waals surface area contributed by atoms with E-state index in [0.717, 1.165) is 5.57 Å². The van der Waals surface area contributed by atoms with E-state index >= 15 is 0 Å². The first-order valence-corrected chi connectivity index (χ1v) is 1.98. The average Bonchev–Trinajstić information content (AvgIpc) is 1.36. The molecule has 1 unspecified atom stereocenters. The van der Waals surface area contributed by atoms with Gasteiger partial charge in [0.1, 0.15) is 0 Å². The fraction of sp³-hybridized carbons (Fsp3) is 0.333. The van der Waals surface area contributed by atoms with E-state index in [-0.39, 0.29) is 0 Å². The van der Waals surface area contributed by atoms with Crippen LogP contribution in [0.2, 0.25) is 0 Å². The molecule has 0 aromatic heterocycles. The molecule has 0 saturated carbocycles. The lowest BCUT2D eigenvalue weighted by molar-refractivity contribution is 0.891. The topological polar surface area (TPSA) is 0 Å². The molecule has 34 valence electrons. The molecule has 0 amide bonds. The summed E-state index contributed by atoms with van der Waals surface area (Å²) in [5.41, 5.74) is 0.898. The Morgan fingerprint density at radius 2 is 1.83 bits per heavy atom. The molecule has 0 aromatic rings. The third-order valence-electron chi connectivity index (χ3n) is 0.697. The van der Waals surface area contributed by atoms with Gasteiger partial charge < -0.3 is 0 Å². The fourth-order valence-electron chi connectivity index (χ4n) is 0. The molecule has 1 atom stereocenters. The molecule has 6 heavy (non-hydrogen) atoms. The molecule has 0 saturated heterocycles. The van der Waals surface area contributed by atoms with Gasteiger partial charge in [0, 0.05) is 0 Å². The predicted molar refractivity (Wildman–Crippen MR) is 29.0 cm³/mol. The van der Waals surface area contributed by atoms with Gasteiger partial charge in [0.25, 0.3) is 0 Å². The second-order valence-electron chi connectivity index (χ2n) is 1.56. The Kier molecular flexibility index (Phi) is 1.93. The fourth-order valence-corrected chi connectivity index (χ4v) is 0. The van der Waals surface area contributed by atoms with Crippen molar-refractivity contribution in [2.75, 3.05) is 0 Å². The van der Waals surface area contributed by atoms with Crippen LogP contribution in [0.1, 0.15) is 6.92 Å². The minimum Gasteiger partial charge on any atom is -0.0996 e. The number of hydrogen-bond donors (Lipinski definition) is 0. The van der Waals surface area contributed by atoms with Gasteiger partial charge in [0.05, 0.1) is 0 Å². The van der Waals surface area contributed by atoms with Crippen LogP contribution in [0.4, 0.5) is 0 Å². The zero-order valence-corrected chi connectivity index (χ0v) is 4.20. The highest BCUT2D eigenvalue weighted by molar-refractivity contribution is 5.02. The van der Waals surface area contributed by atoms with Gasteiger partial charge in [0.2, 0.25) is 0 Å². The van der Waals surface area contributed by atoms with E-state index in [2.05, 4.69) is 20.4 Å². The quantitative estimate of drug-likeness (QED) is 0.453. The van der Waals surface area contributed by atoms with Crippen LogP contribution in [0.5, 0.6) is 0 Å². The summed E-state index contributed by atoms with van der Waals surface area (Å²) in [4.78, 5) is 0. The highest BCUT2D eigenvalue weighted by atomic mass is 13.9. The van der Waals surface area contributed by atoms with Gasteiger partial charge in [-0.15, -0.1) is 0 Å². The second kappa shape index (κ2) is 2.01. The Morgan fingerprint density at radius 3 is 1.83 bits per heavy atom. The lowest BCUT2D eigenvalue weighted by atomic mass is 10.1. The maximum atomic E-state index is 3.68. The summed E-state index contributed by atoms with van der Waals surface area (Å²) in [6.07, 6.45) is 0. The van der Waals surface area contributed by atoms with Crippen LogP contribution in [0.15, 0.2) is 12.2 Å². The number of rotatable bonds is 1. The van der Waals surface area contributed by atoms with Crippen LogP contribution in [0.3, 0.4) is 0 Å².